The van der Waals surface area contributed by atoms with Gasteiger partial charge in [0.25, 0.3) is 0 Å². The second-order valence-electron chi connectivity index (χ2n) is 11.9. The zero-order chi connectivity index (χ0) is 29.5. The molecular formula is C42H26N2S. The molecule has 0 N–H and O–H groups in total. The molecule has 9 aromatic rings. The summed E-state index contributed by atoms with van der Waals surface area (Å²) in [4.78, 5) is 5.16. The number of pyridine rings is 1. The van der Waals surface area contributed by atoms with Gasteiger partial charge in [0.15, 0.2) is 0 Å². The minimum absolute atomic E-state index is 0.437. The van der Waals surface area contributed by atoms with Crippen LogP contribution in [-0.2, 0) is 5.41 Å². The molecule has 10 rings (SSSR count). The molecule has 3 aromatic heterocycles. The smallest absolute Gasteiger partial charge is 0.137 e. The summed E-state index contributed by atoms with van der Waals surface area (Å²) in [5.41, 5.74) is 13.1. The first-order chi connectivity index (χ1) is 22.3. The topological polar surface area (TPSA) is 17.3 Å². The van der Waals surface area contributed by atoms with Crippen molar-refractivity contribution in [3.05, 3.63) is 180 Å². The third-order valence-corrected chi connectivity index (χ3v) is 10.9. The van der Waals surface area contributed by atoms with E-state index < -0.39 is 5.41 Å². The predicted octanol–water partition coefficient (Wildman–Crippen LogP) is 10.9. The van der Waals surface area contributed by atoms with Gasteiger partial charge in [-0.2, -0.15) is 0 Å². The highest BCUT2D eigenvalue weighted by Gasteiger charge is 2.46. The molecule has 3 heterocycles. The van der Waals surface area contributed by atoms with Crippen LogP contribution in [0.1, 0.15) is 22.3 Å². The third kappa shape index (κ3) is 3.25. The van der Waals surface area contributed by atoms with Gasteiger partial charge in [-0.05, 0) is 68.8 Å². The van der Waals surface area contributed by atoms with Crippen LogP contribution in [0.5, 0.6) is 0 Å². The van der Waals surface area contributed by atoms with E-state index in [1.165, 1.54) is 64.7 Å². The lowest BCUT2D eigenvalue weighted by molar-refractivity contribution is 0.768. The molecule has 0 aliphatic heterocycles. The number of benzene rings is 6. The van der Waals surface area contributed by atoms with Crippen molar-refractivity contribution in [2.75, 3.05) is 0 Å². The first-order valence-electron chi connectivity index (χ1n) is 15.4. The van der Waals surface area contributed by atoms with Crippen LogP contribution in [0.4, 0.5) is 0 Å². The summed E-state index contributed by atoms with van der Waals surface area (Å²) in [6.45, 7) is 0. The Morgan fingerprint density at radius 2 is 1.22 bits per heavy atom. The molecule has 210 valence electrons. The fraction of sp³-hybridized carbons (Fsp3) is 0.0238. The molecular weight excluding hydrogens is 565 g/mol. The highest BCUT2D eigenvalue weighted by molar-refractivity contribution is 7.26. The van der Waals surface area contributed by atoms with Crippen LogP contribution in [0, 0.1) is 0 Å². The van der Waals surface area contributed by atoms with Gasteiger partial charge in [0.1, 0.15) is 11.2 Å². The molecule has 0 bridgehead atoms. The number of fused-ring (bicyclic) bond motifs is 10. The van der Waals surface area contributed by atoms with E-state index in [0.717, 1.165) is 16.7 Å². The maximum atomic E-state index is 5.16. The number of thiophene rings is 1. The van der Waals surface area contributed by atoms with Crippen molar-refractivity contribution in [3.8, 4) is 22.3 Å². The van der Waals surface area contributed by atoms with E-state index in [9.17, 15) is 0 Å². The van der Waals surface area contributed by atoms with Crippen LogP contribution in [0.3, 0.4) is 0 Å². The molecule has 3 heteroatoms. The molecule has 6 aromatic carbocycles. The van der Waals surface area contributed by atoms with Gasteiger partial charge in [-0.25, -0.2) is 4.98 Å². The monoisotopic (exact) mass is 590 g/mol. The maximum Gasteiger partial charge on any atom is 0.137 e. The number of nitrogens with zero attached hydrogens (tertiary/aromatic N) is 2. The van der Waals surface area contributed by atoms with Crippen molar-refractivity contribution >= 4 is 48.2 Å². The lowest BCUT2D eigenvalue weighted by atomic mass is 9.67. The Balaban J connectivity index is 1.40. The van der Waals surface area contributed by atoms with E-state index in [-0.39, 0.29) is 0 Å². The highest BCUT2D eigenvalue weighted by Crippen LogP contribution is 2.59. The van der Waals surface area contributed by atoms with E-state index in [1.54, 1.807) is 0 Å². The molecule has 0 spiro atoms. The van der Waals surface area contributed by atoms with Crippen molar-refractivity contribution in [2.24, 2.45) is 0 Å². The van der Waals surface area contributed by atoms with Gasteiger partial charge in [-0.3, -0.25) is 4.40 Å². The summed E-state index contributed by atoms with van der Waals surface area (Å²) < 4.78 is 4.76. The molecule has 2 nitrogen and oxygen atoms in total. The van der Waals surface area contributed by atoms with Crippen molar-refractivity contribution in [1.82, 2.24) is 9.38 Å². The second kappa shape index (κ2) is 9.25. The molecule has 1 aliphatic rings. The molecule has 0 saturated carbocycles. The average Bonchev–Trinajstić information content (AvgIpc) is 3.77. The van der Waals surface area contributed by atoms with Gasteiger partial charge in [-0.1, -0.05) is 127 Å². The second-order valence-corrected chi connectivity index (χ2v) is 12.9. The van der Waals surface area contributed by atoms with Gasteiger partial charge >= 0.3 is 0 Å². The Kier molecular flexibility index (Phi) is 5.11. The van der Waals surface area contributed by atoms with Crippen LogP contribution < -0.4 is 0 Å². The molecule has 0 amide bonds. The summed E-state index contributed by atoms with van der Waals surface area (Å²) >= 11 is 1.85. The molecule has 0 saturated heterocycles. The quantitative estimate of drug-likeness (QED) is 0.200. The van der Waals surface area contributed by atoms with Crippen LogP contribution in [0.2, 0.25) is 0 Å². The van der Waals surface area contributed by atoms with Crippen LogP contribution >= 0.6 is 11.3 Å². The average molecular weight is 591 g/mol. The van der Waals surface area contributed by atoms with Crippen LogP contribution in [0.25, 0.3) is 59.1 Å². The minimum Gasteiger partial charge on any atom is -0.300 e. The molecule has 1 aliphatic carbocycles. The van der Waals surface area contributed by atoms with E-state index in [4.69, 9.17) is 4.98 Å². The van der Waals surface area contributed by atoms with Gasteiger partial charge in [0, 0.05) is 21.7 Å². The number of hydrogen-bond acceptors (Lipinski definition) is 2. The fourth-order valence-corrected chi connectivity index (χ4v) is 9.15. The molecule has 45 heavy (non-hydrogen) atoms. The van der Waals surface area contributed by atoms with Crippen LogP contribution in [0.15, 0.2) is 158 Å². The molecule has 0 fully saturated rings. The van der Waals surface area contributed by atoms with Gasteiger partial charge in [-0.15, -0.1) is 11.3 Å². The zero-order valence-electron chi connectivity index (χ0n) is 24.3. The first kappa shape index (κ1) is 24.9. The van der Waals surface area contributed by atoms with Gasteiger partial charge < -0.3 is 0 Å². The Bertz CT molecular complexity index is 2550. The summed E-state index contributed by atoms with van der Waals surface area (Å²) in [6, 6.07) is 55.5. The van der Waals surface area contributed by atoms with Crippen molar-refractivity contribution in [1.29, 1.82) is 0 Å². The molecule has 0 atom stereocenters. The highest BCUT2D eigenvalue weighted by atomic mass is 32.1. The lowest BCUT2D eigenvalue weighted by Crippen LogP contribution is -2.28. The number of hydrogen-bond donors (Lipinski definition) is 0. The fourth-order valence-electron chi connectivity index (χ4n) is 7.94. The normalized spacial score (nSPS) is 13.5. The van der Waals surface area contributed by atoms with Crippen molar-refractivity contribution in [2.45, 2.75) is 5.41 Å². The minimum atomic E-state index is -0.437. The standard InChI is InChI=1S/C42H26N2S/c1-3-14-27(15-4-1)42(28-16-5-2-6-17-28)33-21-9-7-18-30(33)38-29(20-13-22-34(38)42)32-26-35-40(43-37-24-11-12-25-44(35)37)41-39(32)31-19-8-10-23-36(31)45-41/h1-26H. The zero-order valence-corrected chi connectivity index (χ0v) is 25.1. The maximum absolute atomic E-state index is 5.16. The van der Waals surface area contributed by atoms with Crippen molar-refractivity contribution < 1.29 is 0 Å². The van der Waals surface area contributed by atoms with Gasteiger partial charge in [0.2, 0.25) is 0 Å². The number of imidazole rings is 1. The first-order valence-corrected chi connectivity index (χ1v) is 16.2. The van der Waals surface area contributed by atoms with E-state index in [0.29, 0.717) is 0 Å². The molecule has 0 radical (unpaired) electrons. The Morgan fingerprint density at radius 3 is 2.04 bits per heavy atom. The Hall–Kier alpha value is -5.51. The summed E-state index contributed by atoms with van der Waals surface area (Å²) in [5, 5.41) is 2.57. The largest absolute Gasteiger partial charge is 0.300 e. The van der Waals surface area contributed by atoms with Crippen LogP contribution in [-0.4, -0.2) is 9.38 Å². The Morgan fingerprint density at radius 1 is 0.556 bits per heavy atom. The lowest BCUT2D eigenvalue weighted by Gasteiger charge is -2.34. The Labute approximate surface area is 264 Å². The van der Waals surface area contributed by atoms with E-state index in [2.05, 4.69) is 162 Å². The van der Waals surface area contributed by atoms with Crippen molar-refractivity contribution in [3.63, 3.8) is 0 Å². The summed E-state index contributed by atoms with van der Waals surface area (Å²) in [7, 11) is 0. The van der Waals surface area contributed by atoms with E-state index >= 15 is 0 Å². The summed E-state index contributed by atoms with van der Waals surface area (Å²) in [6.07, 6.45) is 2.13. The SMILES string of the molecule is c1ccc(C2(c3ccccc3)c3ccccc3-c3c(-c4cc5c(nc6ccccn65)c5sc6ccccc6c45)cccc32)cc1. The summed E-state index contributed by atoms with van der Waals surface area (Å²) in [5.74, 6) is 0. The number of aromatic nitrogens is 2. The number of rotatable bonds is 3. The van der Waals surface area contributed by atoms with Gasteiger partial charge in [0.05, 0.1) is 15.6 Å². The predicted molar refractivity (Wildman–Crippen MR) is 188 cm³/mol. The van der Waals surface area contributed by atoms with E-state index in [1.807, 2.05) is 11.3 Å². The molecule has 0 unspecified atom stereocenters. The third-order valence-electron chi connectivity index (χ3n) is 9.70.